The maximum Gasteiger partial charge on any atom is 0.325 e. The standard InChI is InChI=1S/C10H15N3O5/c1-13-6(14)3-2-9(11,8(17)18)10(12)4(3)5(10)7(15)16/h3-5H,2,11-12H2,1H3,(H,13,14)(H,15,16)(H,17,18). The van der Waals surface area contributed by atoms with Crippen LogP contribution in [-0.4, -0.2) is 46.2 Å². The van der Waals surface area contributed by atoms with Gasteiger partial charge in [-0.3, -0.25) is 14.4 Å². The molecule has 5 unspecified atom stereocenters. The summed E-state index contributed by atoms with van der Waals surface area (Å²) < 4.78 is 0. The average Bonchev–Trinajstić information content (AvgIpc) is 2.85. The van der Waals surface area contributed by atoms with Crippen molar-refractivity contribution in [3.63, 3.8) is 0 Å². The third-order valence-corrected chi connectivity index (χ3v) is 4.30. The van der Waals surface area contributed by atoms with E-state index >= 15 is 0 Å². The Labute approximate surface area is 102 Å². The minimum atomic E-state index is -1.88. The van der Waals surface area contributed by atoms with E-state index in [2.05, 4.69) is 5.32 Å². The number of nitrogens with two attached hydrogens (primary N) is 2. The number of rotatable bonds is 3. The first-order chi connectivity index (χ1) is 8.21. The maximum absolute atomic E-state index is 11.7. The van der Waals surface area contributed by atoms with E-state index in [0.717, 1.165) is 0 Å². The van der Waals surface area contributed by atoms with Crippen molar-refractivity contribution in [1.82, 2.24) is 5.32 Å². The number of hydrogen-bond donors (Lipinski definition) is 5. The van der Waals surface area contributed by atoms with Gasteiger partial charge in [0.2, 0.25) is 5.91 Å². The number of carboxylic acids is 2. The van der Waals surface area contributed by atoms with Crippen LogP contribution in [0.15, 0.2) is 0 Å². The molecule has 8 heteroatoms. The second-order valence-corrected chi connectivity index (χ2v) is 4.98. The first kappa shape index (κ1) is 12.8. The van der Waals surface area contributed by atoms with Crippen molar-refractivity contribution in [2.75, 3.05) is 7.05 Å². The third-order valence-electron chi connectivity index (χ3n) is 4.30. The smallest absolute Gasteiger partial charge is 0.325 e. The summed E-state index contributed by atoms with van der Waals surface area (Å²) >= 11 is 0. The highest BCUT2D eigenvalue weighted by Crippen LogP contribution is 2.65. The van der Waals surface area contributed by atoms with Crippen molar-refractivity contribution in [2.45, 2.75) is 17.5 Å². The lowest BCUT2D eigenvalue weighted by Crippen LogP contribution is -2.63. The molecule has 2 fully saturated rings. The zero-order chi connectivity index (χ0) is 13.9. The van der Waals surface area contributed by atoms with Gasteiger partial charge in [0.1, 0.15) is 5.54 Å². The predicted molar refractivity (Wildman–Crippen MR) is 58.3 cm³/mol. The van der Waals surface area contributed by atoms with E-state index in [1.165, 1.54) is 7.05 Å². The van der Waals surface area contributed by atoms with E-state index in [9.17, 15) is 19.5 Å². The number of carbonyl (C=O) groups is 3. The van der Waals surface area contributed by atoms with Crippen LogP contribution in [0, 0.1) is 17.8 Å². The Bertz CT molecular complexity index is 453. The molecule has 0 bridgehead atoms. The zero-order valence-corrected chi connectivity index (χ0v) is 9.71. The van der Waals surface area contributed by atoms with Crippen LogP contribution in [0.25, 0.3) is 0 Å². The molecule has 0 aromatic carbocycles. The second-order valence-electron chi connectivity index (χ2n) is 4.98. The molecule has 0 radical (unpaired) electrons. The fourth-order valence-electron chi connectivity index (χ4n) is 3.30. The van der Waals surface area contributed by atoms with Crippen LogP contribution in [0.2, 0.25) is 0 Å². The summed E-state index contributed by atoms with van der Waals surface area (Å²) in [6.07, 6.45) is -0.146. The van der Waals surface area contributed by atoms with Crippen molar-refractivity contribution in [3.8, 4) is 0 Å². The SMILES string of the molecule is CNC(=O)C1CC(N)(C(=O)O)C2(N)C(C(=O)O)C12. The lowest BCUT2D eigenvalue weighted by atomic mass is 9.84. The molecule has 18 heavy (non-hydrogen) atoms. The summed E-state index contributed by atoms with van der Waals surface area (Å²) in [4.78, 5) is 34.0. The molecule has 2 aliphatic carbocycles. The number of carbonyl (C=O) groups excluding carboxylic acids is 1. The molecule has 2 rings (SSSR count). The monoisotopic (exact) mass is 257 g/mol. The normalized spacial score (nSPS) is 45.2. The number of hydrogen-bond acceptors (Lipinski definition) is 5. The highest BCUT2D eigenvalue weighted by atomic mass is 16.4. The lowest BCUT2D eigenvalue weighted by molar-refractivity contribution is -0.146. The van der Waals surface area contributed by atoms with Crippen LogP contribution in [0.3, 0.4) is 0 Å². The summed E-state index contributed by atoms with van der Waals surface area (Å²) in [6, 6.07) is 0. The Morgan fingerprint density at radius 1 is 1.28 bits per heavy atom. The fourth-order valence-corrected chi connectivity index (χ4v) is 3.30. The average molecular weight is 257 g/mol. The highest BCUT2D eigenvalue weighted by Gasteiger charge is 2.84. The number of carboxylic acid groups (broad SMARTS) is 2. The van der Waals surface area contributed by atoms with Crippen LogP contribution >= 0.6 is 0 Å². The number of nitrogens with one attached hydrogen (secondary N) is 1. The summed E-state index contributed by atoms with van der Waals surface area (Å²) in [7, 11) is 1.40. The van der Waals surface area contributed by atoms with Crippen LogP contribution < -0.4 is 16.8 Å². The Balaban J connectivity index is 2.42. The molecule has 0 aliphatic heterocycles. The Morgan fingerprint density at radius 2 is 1.83 bits per heavy atom. The van der Waals surface area contributed by atoms with Gasteiger partial charge in [0, 0.05) is 18.9 Å². The number of amides is 1. The highest BCUT2D eigenvalue weighted by molar-refractivity contribution is 5.93. The molecule has 8 nitrogen and oxygen atoms in total. The van der Waals surface area contributed by atoms with Gasteiger partial charge in [-0.25, -0.2) is 0 Å². The second kappa shape index (κ2) is 3.42. The quantitative estimate of drug-likeness (QED) is 0.376. The molecule has 0 aromatic rings. The minimum absolute atomic E-state index is 0.146. The predicted octanol–water partition coefficient (Wildman–Crippen LogP) is -2.44. The first-order valence-electron chi connectivity index (χ1n) is 5.47. The molecule has 0 heterocycles. The van der Waals surface area contributed by atoms with Crippen molar-refractivity contribution in [3.05, 3.63) is 0 Å². The van der Waals surface area contributed by atoms with Crippen molar-refractivity contribution in [2.24, 2.45) is 29.2 Å². The topological polar surface area (TPSA) is 156 Å². The first-order valence-corrected chi connectivity index (χ1v) is 5.47. The molecule has 7 N–H and O–H groups in total. The van der Waals surface area contributed by atoms with Gasteiger partial charge >= 0.3 is 11.9 Å². The van der Waals surface area contributed by atoms with Crippen LogP contribution in [0.4, 0.5) is 0 Å². The molecule has 0 spiro atoms. The molecule has 0 saturated heterocycles. The molecule has 0 aromatic heterocycles. The van der Waals surface area contributed by atoms with Crippen molar-refractivity contribution in [1.29, 1.82) is 0 Å². The van der Waals surface area contributed by atoms with Gasteiger partial charge < -0.3 is 27.0 Å². The fraction of sp³-hybridized carbons (Fsp3) is 0.700. The van der Waals surface area contributed by atoms with E-state index in [-0.39, 0.29) is 6.42 Å². The van der Waals surface area contributed by atoms with E-state index < -0.39 is 46.7 Å². The maximum atomic E-state index is 11.7. The van der Waals surface area contributed by atoms with Gasteiger partial charge in [-0.2, -0.15) is 0 Å². The van der Waals surface area contributed by atoms with Crippen LogP contribution in [0.5, 0.6) is 0 Å². The van der Waals surface area contributed by atoms with Gasteiger partial charge in [-0.1, -0.05) is 0 Å². The zero-order valence-electron chi connectivity index (χ0n) is 9.71. The summed E-state index contributed by atoms with van der Waals surface area (Å²) in [5, 5.41) is 20.6. The molecule has 2 aliphatic rings. The number of fused-ring (bicyclic) bond motifs is 1. The molecular formula is C10H15N3O5. The van der Waals surface area contributed by atoms with Gasteiger partial charge in [-0.15, -0.1) is 0 Å². The molecule has 1 amide bonds. The summed E-state index contributed by atoms with van der Waals surface area (Å²) in [5.74, 6) is -5.60. The Kier molecular flexibility index (Phi) is 2.43. The van der Waals surface area contributed by atoms with Gasteiger partial charge in [0.15, 0.2) is 0 Å². The van der Waals surface area contributed by atoms with Gasteiger partial charge in [0.05, 0.1) is 11.5 Å². The number of aliphatic carboxylic acids is 2. The van der Waals surface area contributed by atoms with Gasteiger partial charge in [-0.05, 0) is 6.42 Å². The largest absolute Gasteiger partial charge is 0.481 e. The van der Waals surface area contributed by atoms with Crippen LogP contribution in [-0.2, 0) is 14.4 Å². The van der Waals surface area contributed by atoms with E-state index in [4.69, 9.17) is 16.6 Å². The van der Waals surface area contributed by atoms with Crippen molar-refractivity contribution < 1.29 is 24.6 Å². The van der Waals surface area contributed by atoms with Crippen LogP contribution in [0.1, 0.15) is 6.42 Å². The summed E-state index contributed by atoms with van der Waals surface area (Å²) in [6.45, 7) is 0. The minimum Gasteiger partial charge on any atom is -0.481 e. The van der Waals surface area contributed by atoms with E-state index in [1.54, 1.807) is 0 Å². The van der Waals surface area contributed by atoms with E-state index in [1.807, 2.05) is 0 Å². The Morgan fingerprint density at radius 3 is 2.22 bits per heavy atom. The van der Waals surface area contributed by atoms with Gasteiger partial charge in [0.25, 0.3) is 0 Å². The molecule has 2 saturated carbocycles. The molecular weight excluding hydrogens is 242 g/mol. The summed E-state index contributed by atoms with van der Waals surface area (Å²) in [5.41, 5.74) is 8.23. The molecule has 100 valence electrons. The lowest BCUT2D eigenvalue weighted by Gasteiger charge is -2.29. The van der Waals surface area contributed by atoms with E-state index in [0.29, 0.717) is 0 Å². The van der Waals surface area contributed by atoms with Crippen molar-refractivity contribution >= 4 is 17.8 Å². The third kappa shape index (κ3) is 1.19. The molecule has 5 atom stereocenters. The Hall–Kier alpha value is -1.67.